The quantitative estimate of drug-likeness (QED) is 0.503. The monoisotopic (exact) mass is 375 g/mol. The molecule has 0 N–H and O–H groups in total. The van der Waals surface area contributed by atoms with Crippen molar-refractivity contribution < 1.29 is 30.2 Å². The molecule has 0 radical (unpaired) electrons. The largest absolute Gasteiger partial charge is 0.534 e. The number of halogens is 3. The van der Waals surface area contributed by atoms with E-state index in [1.54, 1.807) is 30.6 Å². The van der Waals surface area contributed by atoms with E-state index in [1.165, 1.54) is 30.2 Å². The third kappa shape index (κ3) is 3.34. The Kier molecular flexibility index (Phi) is 4.18. The first-order valence-electron chi connectivity index (χ1n) is 6.36. The fourth-order valence-corrected chi connectivity index (χ4v) is 3.19. The minimum absolute atomic E-state index is 0.0816. The summed E-state index contributed by atoms with van der Waals surface area (Å²) >= 11 is 1.22. The molecule has 0 aliphatic rings. The molecule has 0 saturated heterocycles. The molecule has 0 aliphatic carbocycles. The number of alkyl halides is 3. The van der Waals surface area contributed by atoms with Crippen LogP contribution in [-0.4, -0.2) is 18.9 Å². The Morgan fingerprint density at radius 2 is 1.79 bits per heavy atom. The van der Waals surface area contributed by atoms with Crippen molar-refractivity contribution in [1.29, 1.82) is 0 Å². The summed E-state index contributed by atoms with van der Waals surface area (Å²) in [5.41, 5.74) is -5.61. The van der Waals surface area contributed by atoms with Crippen molar-refractivity contribution in [3.05, 3.63) is 49.0 Å². The standard InChI is InChI=1S/C14H8F3NO4S2/c15-14(16,17)24(19,20)22-12-8-11(7-9-3-6-21-13(9)12)23-10-1-4-18-5-2-10/h1-8H. The van der Waals surface area contributed by atoms with Crippen molar-refractivity contribution in [1.82, 2.24) is 4.98 Å². The Morgan fingerprint density at radius 3 is 2.46 bits per heavy atom. The van der Waals surface area contributed by atoms with Gasteiger partial charge in [0, 0.05) is 27.6 Å². The van der Waals surface area contributed by atoms with Gasteiger partial charge < -0.3 is 8.60 Å². The lowest BCUT2D eigenvalue weighted by molar-refractivity contribution is -0.0499. The van der Waals surface area contributed by atoms with Crippen molar-refractivity contribution in [2.24, 2.45) is 0 Å². The molecule has 1 aromatic carbocycles. The van der Waals surface area contributed by atoms with Gasteiger partial charge in [0.2, 0.25) is 0 Å². The van der Waals surface area contributed by atoms with Gasteiger partial charge in [-0.15, -0.1) is 0 Å². The molecule has 2 aromatic heterocycles. The molecule has 3 rings (SSSR count). The molecule has 126 valence electrons. The number of rotatable bonds is 4. The maximum atomic E-state index is 12.5. The van der Waals surface area contributed by atoms with Crippen LogP contribution in [0.3, 0.4) is 0 Å². The van der Waals surface area contributed by atoms with Gasteiger partial charge >= 0.3 is 15.6 Å². The average Bonchev–Trinajstić information content (AvgIpc) is 2.95. The Bertz CT molecular complexity index is 969. The second-order valence-corrected chi connectivity index (χ2v) is 7.21. The molecule has 0 spiro atoms. The van der Waals surface area contributed by atoms with Crippen LogP contribution in [0, 0.1) is 0 Å². The molecule has 0 amide bonds. The number of hydrogen-bond donors (Lipinski definition) is 0. The van der Waals surface area contributed by atoms with Crippen molar-refractivity contribution in [3.63, 3.8) is 0 Å². The van der Waals surface area contributed by atoms with E-state index in [2.05, 4.69) is 9.17 Å². The van der Waals surface area contributed by atoms with Crippen LogP contribution in [-0.2, 0) is 10.1 Å². The van der Waals surface area contributed by atoms with Gasteiger partial charge in [0.1, 0.15) is 0 Å². The van der Waals surface area contributed by atoms with Gasteiger partial charge in [-0.25, -0.2) is 0 Å². The van der Waals surface area contributed by atoms with E-state index in [9.17, 15) is 21.6 Å². The third-order valence-electron chi connectivity index (χ3n) is 2.86. The maximum absolute atomic E-state index is 12.5. The maximum Gasteiger partial charge on any atom is 0.534 e. The second kappa shape index (κ2) is 6.02. The first kappa shape index (κ1) is 16.7. The summed E-state index contributed by atoms with van der Waals surface area (Å²) in [7, 11) is -5.79. The molecule has 0 unspecified atom stereocenters. The highest BCUT2D eigenvalue weighted by molar-refractivity contribution is 7.99. The van der Waals surface area contributed by atoms with Crippen LogP contribution < -0.4 is 4.18 Å². The van der Waals surface area contributed by atoms with Crippen molar-refractivity contribution in [3.8, 4) is 5.75 Å². The number of pyridine rings is 1. The van der Waals surface area contributed by atoms with E-state index in [1.807, 2.05) is 0 Å². The zero-order chi connectivity index (χ0) is 17.4. The van der Waals surface area contributed by atoms with E-state index >= 15 is 0 Å². The molecular formula is C14H8F3NO4S2. The summed E-state index contributed by atoms with van der Waals surface area (Å²) in [4.78, 5) is 5.13. The van der Waals surface area contributed by atoms with Gasteiger partial charge in [0.25, 0.3) is 0 Å². The van der Waals surface area contributed by atoms with Crippen LogP contribution in [0.2, 0.25) is 0 Å². The average molecular weight is 375 g/mol. The summed E-state index contributed by atoms with van der Waals surface area (Å²) in [5, 5.41) is 0.418. The molecule has 3 aromatic rings. The molecule has 0 aliphatic heterocycles. The Morgan fingerprint density at radius 1 is 1.08 bits per heavy atom. The van der Waals surface area contributed by atoms with Crippen molar-refractivity contribution >= 4 is 32.8 Å². The highest BCUT2D eigenvalue weighted by Crippen LogP contribution is 2.38. The van der Waals surface area contributed by atoms with Crippen molar-refractivity contribution in [2.75, 3.05) is 0 Å². The molecule has 10 heteroatoms. The molecule has 0 atom stereocenters. The van der Waals surface area contributed by atoms with Gasteiger partial charge in [-0.3, -0.25) is 4.98 Å². The number of benzene rings is 1. The van der Waals surface area contributed by atoms with Gasteiger partial charge in [-0.05, 0) is 30.3 Å². The van der Waals surface area contributed by atoms with Crippen LogP contribution in [0.1, 0.15) is 0 Å². The zero-order valence-electron chi connectivity index (χ0n) is 11.6. The predicted octanol–water partition coefficient (Wildman–Crippen LogP) is 4.21. The highest BCUT2D eigenvalue weighted by atomic mass is 32.2. The lowest BCUT2D eigenvalue weighted by Gasteiger charge is -2.11. The first-order valence-corrected chi connectivity index (χ1v) is 8.59. The Hall–Kier alpha value is -2.20. The second-order valence-electron chi connectivity index (χ2n) is 4.53. The number of hydrogen-bond acceptors (Lipinski definition) is 6. The number of aromatic nitrogens is 1. The predicted molar refractivity (Wildman–Crippen MR) is 80.2 cm³/mol. The summed E-state index contributed by atoms with van der Waals surface area (Å²) in [6.45, 7) is 0. The topological polar surface area (TPSA) is 69.4 Å². The SMILES string of the molecule is O=S(=O)(Oc1cc(Sc2ccncc2)cc2ccoc12)C(F)(F)F. The van der Waals surface area contributed by atoms with Crippen LogP contribution in [0.25, 0.3) is 11.0 Å². The van der Waals surface area contributed by atoms with Crippen LogP contribution in [0.5, 0.6) is 5.75 Å². The van der Waals surface area contributed by atoms with Crippen LogP contribution in [0.15, 0.2) is 63.2 Å². The zero-order valence-corrected chi connectivity index (χ0v) is 13.3. The molecule has 0 bridgehead atoms. The summed E-state index contributed by atoms with van der Waals surface area (Å²) < 4.78 is 69.4. The van der Waals surface area contributed by atoms with Crippen molar-refractivity contribution in [2.45, 2.75) is 15.3 Å². The molecule has 24 heavy (non-hydrogen) atoms. The van der Waals surface area contributed by atoms with Gasteiger partial charge in [-0.1, -0.05) is 11.8 Å². The van der Waals surface area contributed by atoms with Gasteiger partial charge in [0.05, 0.1) is 6.26 Å². The number of furan rings is 1. The molecule has 2 heterocycles. The summed E-state index contributed by atoms with van der Waals surface area (Å²) in [6, 6.07) is 7.74. The third-order valence-corrected chi connectivity index (χ3v) is 4.80. The minimum atomic E-state index is -5.79. The molecule has 0 fully saturated rings. The Labute approximate surface area is 138 Å². The number of nitrogens with zero attached hydrogens (tertiary/aromatic N) is 1. The van der Waals surface area contributed by atoms with E-state index in [0.717, 1.165) is 4.90 Å². The minimum Gasteiger partial charge on any atom is -0.460 e. The highest BCUT2D eigenvalue weighted by Gasteiger charge is 2.49. The van der Waals surface area contributed by atoms with E-state index in [0.29, 0.717) is 10.3 Å². The molecular weight excluding hydrogens is 367 g/mol. The first-order chi connectivity index (χ1) is 11.3. The lowest BCUT2D eigenvalue weighted by atomic mass is 10.2. The molecule has 5 nitrogen and oxygen atoms in total. The van der Waals surface area contributed by atoms with Gasteiger partial charge in [-0.2, -0.15) is 21.6 Å². The fraction of sp³-hybridized carbons (Fsp3) is 0.0714. The van der Waals surface area contributed by atoms with Gasteiger partial charge in [0.15, 0.2) is 11.3 Å². The van der Waals surface area contributed by atoms with E-state index in [4.69, 9.17) is 4.42 Å². The normalized spacial score (nSPS) is 12.5. The van der Waals surface area contributed by atoms with E-state index in [-0.39, 0.29) is 5.58 Å². The summed E-state index contributed by atoms with van der Waals surface area (Å²) in [5.74, 6) is -0.522. The Balaban J connectivity index is 2.02. The fourth-order valence-electron chi connectivity index (χ4n) is 1.85. The smallest absolute Gasteiger partial charge is 0.460 e. The summed E-state index contributed by atoms with van der Waals surface area (Å²) in [6.07, 6.45) is 4.35. The number of fused-ring (bicyclic) bond motifs is 1. The lowest BCUT2D eigenvalue weighted by Crippen LogP contribution is -2.28. The van der Waals surface area contributed by atoms with Crippen LogP contribution >= 0.6 is 11.8 Å². The van der Waals surface area contributed by atoms with E-state index < -0.39 is 21.4 Å². The van der Waals surface area contributed by atoms with Crippen LogP contribution in [0.4, 0.5) is 13.2 Å². The molecule has 0 saturated carbocycles.